The number of nitrogens with one attached hydrogen (secondary N) is 1. The Morgan fingerprint density at radius 2 is 1.84 bits per heavy atom. The second kappa shape index (κ2) is 16.3. The summed E-state index contributed by atoms with van der Waals surface area (Å²) in [6, 6.07) is -0.799. The van der Waals surface area contributed by atoms with Crippen molar-refractivity contribution in [3.63, 3.8) is 0 Å². The van der Waals surface area contributed by atoms with Crippen LogP contribution in [0.2, 0.25) is 0 Å². The third kappa shape index (κ3) is 18.3. The van der Waals surface area contributed by atoms with Gasteiger partial charge in [0.15, 0.2) is 0 Å². The van der Waals surface area contributed by atoms with Gasteiger partial charge in [-0.3, -0.25) is 9.79 Å². The van der Waals surface area contributed by atoms with Crippen LogP contribution in [0.3, 0.4) is 0 Å². The fraction of sp³-hybridized carbons (Fsp3) is 0.667. The van der Waals surface area contributed by atoms with Crippen molar-refractivity contribution in [3.8, 4) is 0 Å². The minimum atomic E-state index is -1.34. The molecule has 0 bridgehead atoms. The number of carboxylic acids is 1. The smallest absolute Gasteiger partial charge is 0.846 e. The molecule has 1 radical (unpaired) electrons. The molecule has 8 nitrogen and oxygen atoms in total. The van der Waals surface area contributed by atoms with E-state index in [0.717, 1.165) is 0 Å². The van der Waals surface area contributed by atoms with Gasteiger partial charge in [0.2, 0.25) is 5.91 Å². The van der Waals surface area contributed by atoms with E-state index < -0.39 is 24.3 Å². The van der Waals surface area contributed by atoms with Crippen LogP contribution >= 0.6 is 0 Å². The van der Waals surface area contributed by atoms with Crippen LogP contribution in [0.1, 0.15) is 19.8 Å². The van der Waals surface area contributed by atoms with Gasteiger partial charge in [0.1, 0.15) is 0 Å². The van der Waals surface area contributed by atoms with Gasteiger partial charge in [-0.25, -0.2) is 0 Å². The third-order valence-electron chi connectivity index (χ3n) is 1.70. The Labute approximate surface area is 154 Å². The SMILES string of the molecule is COC(C)CN=C([O-])NC(=O)CCC(=O)[O-].O.[Hg+].[Na+]. The van der Waals surface area contributed by atoms with E-state index in [2.05, 4.69) is 4.99 Å². The number of aliphatic carboxylic acids is 1. The largest absolute Gasteiger partial charge is 1.00 e. The topological polar surface area (TPSA) is 145 Å². The van der Waals surface area contributed by atoms with E-state index in [1.807, 2.05) is 5.32 Å². The van der Waals surface area contributed by atoms with Gasteiger partial charge in [-0.15, -0.1) is 0 Å². The van der Waals surface area contributed by atoms with E-state index in [4.69, 9.17) is 4.74 Å². The van der Waals surface area contributed by atoms with Gasteiger partial charge in [-0.05, 0) is 13.3 Å². The molecule has 0 aliphatic carbocycles. The fourth-order valence-corrected chi connectivity index (χ4v) is 0.723. The van der Waals surface area contributed by atoms with Gasteiger partial charge >= 0.3 is 57.2 Å². The molecule has 0 aromatic heterocycles. The standard InChI is InChI=1S/C9H16N2O5.Hg.Na.H2O/c1-6(16-2)5-10-9(15)11-7(12)3-4-8(13)14;;;/h6H,3-5H2,1-2H3,(H,13,14)(H2,10,11,12,15);;;1H2/q;2*+1;/p-2. The number of rotatable bonds is 6. The number of carboxylic acid groups (broad SMARTS) is 1. The summed E-state index contributed by atoms with van der Waals surface area (Å²) in [6.45, 7) is 1.85. The number of methoxy groups -OCH3 is 1. The molecule has 0 fully saturated rings. The number of nitrogens with zero attached hydrogens (tertiary/aromatic N) is 1. The first-order valence-corrected chi connectivity index (χ1v) is 4.69. The molecule has 101 valence electrons. The number of carbonyl (C=O) groups excluding carboxylic acids is 2. The second-order valence-electron chi connectivity index (χ2n) is 3.11. The summed E-state index contributed by atoms with van der Waals surface area (Å²) in [5.74, 6) is -2.03. The Balaban J connectivity index is -0.000000375. The number of ether oxygens (including phenoxy) is 1. The molecule has 1 unspecified atom stereocenters. The molecule has 0 aromatic rings. The van der Waals surface area contributed by atoms with Crippen LogP contribution in [-0.2, 0) is 42.0 Å². The van der Waals surface area contributed by atoms with Crippen molar-refractivity contribution in [1.29, 1.82) is 0 Å². The van der Waals surface area contributed by atoms with Crippen LogP contribution in [0.4, 0.5) is 0 Å². The van der Waals surface area contributed by atoms with Gasteiger partial charge in [0.05, 0.1) is 18.7 Å². The van der Waals surface area contributed by atoms with E-state index in [-0.39, 0.29) is 81.8 Å². The first kappa shape index (κ1) is 27.6. The van der Waals surface area contributed by atoms with E-state index in [1.165, 1.54) is 7.11 Å². The second-order valence-corrected chi connectivity index (χ2v) is 3.11. The van der Waals surface area contributed by atoms with Crippen molar-refractivity contribution in [2.45, 2.75) is 25.9 Å². The number of amidine groups is 1. The maximum absolute atomic E-state index is 11.0. The third-order valence-corrected chi connectivity index (χ3v) is 1.70. The van der Waals surface area contributed by atoms with Crippen LogP contribution < -0.4 is 45.1 Å². The molecule has 0 saturated carbocycles. The molecular weight excluding hydrogens is 456 g/mol. The maximum atomic E-state index is 11.0. The molecule has 0 aromatic carbocycles. The summed E-state index contributed by atoms with van der Waals surface area (Å²) < 4.78 is 4.84. The van der Waals surface area contributed by atoms with Crippen molar-refractivity contribution in [2.24, 2.45) is 4.99 Å². The van der Waals surface area contributed by atoms with E-state index in [1.54, 1.807) is 6.92 Å². The molecule has 1 amide bonds. The Morgan fingerprint density at radius 3 is 2.26 bits per heavy atom. The Kier molecular flexibility index (Phi) is 23.7. The van der Waals surface area contributed by atoms with Crippen molar-refractivity contribution in [3.05, 3.63) is 0 Å². The number of amides is 1. The number of hydrogen-bond donors (Lipinski definition) is 1. The molecule has 1 atom stereocenters. The zero-order valence-electron chi connectivity index (χ0n) is 11.4. The zero-order chi connectivity index (χ0) is 12.6. The van der Waals surface area contributed by atoms with Crippen molar-refractivity contribution in [1.82, 2.24) is 5.32 Å². The summed E-state index contributed by atoms with van der Waals surface area (Å²) in [5, 5.41) is 23.0. The molecule has 0 saturated heterocycles. The number of aliphatic imine (C=N–C) groups is 1. The monoisotopic (exact) mass is 473 g/mol. The van der Waals surface area contributed by atoms with E-state index >= 15 is 0 Å². The quantitative estimate of drug-likeness (QED) is 0.232. The first-order chi connectivity index (χ1) is 7.45. The number of carbonyl (C=O) groups is 2. The first-order valence-electron chi connectivity index (χ1n) is 4.69. The minimum absolute atomic E-state index is 0. The molecule has 0 aliphatic rings. The molecule has 19 heavy (non-hydrogen) atoms. The Morgan fingerprint density at radius 1 is 1.32 bits per heavy atom. The average Bonchev–Trinajstić information content (AvgIpc) is 2.23. The zero-order valence-corrected chi connectivity index (χ0v) is 18.9. The van der Waals surface area contributed by atoms with Crippen LogP contribution in [0.5, 0.6) is 0 Å². The predicted molar refractivity (Wildman–Crippen MR) is 54.8 cm³/mol. The maximum Gasteiger partial charge on any atom is 1.00 e. The van der Waals surface area contributed by atoms with Crippen LogP contribution in [-0.4, -0.2) is 43.1 Å². The van der Waals surface area contributed by atoms with Gasteiger partial charge < -0.3 is 30.5 Å². The van der Waals surface area contributed by atoms with Gasteiger partial charge in [0.25, 0.3) is 0 Å². The predicted octanol–water partition coefficient (Wildman–Crippen LogP) is -6.44. The fourth-order valence-electron chi connectivity index (χ4n) is 0.723. The summed E-state index contributed by atoms with van der Waals surface area (Å²) in [4.78, 5) is 24.5. The van der Waals surface area contributed by atoms with Crippen LogP contribution in [0.25, 0.3) is 0 Å². The Hall–Kier alpha value is 0.265. The van der Waals surface area contributed by atoms with Crippen molar-refractivity contribution >= 4 is 17.9 Å². The molecule has 10 heteroatoms. The summed E-state index contributed by atoms with van der Waals surface area (Å²) in [6.07, 6.45) is -0.944. The van der Waals surface area contributed by atoms with Gasteiger partial charge in [0, 0.05) is 19.5 Å². The summed E-state index contributed by atoms with van der Waals surface area (Å²) in [7, 11) is 1.48. The molecule has 0 heterocycles. The van der Waals surface area contributed by atoms with Gasteiger partial charge in [-0.2, -0.15) is 0 Å². The van der Waals surface area contributed by atoms with Crippen LogP contribution in [0.15, 0.2) is 4.99 Å². The van der Waals surface area contributed by atoms with Crippen molar-refractivity contribution in [2.75, 3.05) is 13.7 Å². The molecule has 0 spiro atoms. The average molecular weight is 472 g/mol. The van der Waals surface area contributed by atoms with Crippen molar-refractivity contribution < 1.29 is 87.2 Å². The Bertz CT molecular complexity index is 290. The molecular formula is C9H16HgN2NaO6. The summed E-state index contributed by atoms with van der Waals surface area (Å²) in [5.41, 5.74) is 0. The van der Waals surface area contributed by atoms with Crippen LogP contribution in [0, 0.1) is 0 Å². The molecule has 0 rings (SSSR count). The summed E-state index contributed by atoms with van der Waals surface area (Å²) >= 11 is 0. The number of hydrogen-bond acceptors (Lipinski definition) is 6. The van der Waals surface area contributed by atoms with E-state index in [0.29, 0.717) is 0 Å². The minimum Gasteiger partial charge on any atom is -0.846 e. The molecule has 0 aliphatic heterocycles. The van der Waals surface area contributed by atoms with E-state index in [9.17, 15) is 19.8 Å². The molecule has 3 N–H and O–H groups in total. The van der Waals surface area contributed by atoms with Gasteiger partial charge in [-0.1, -0.05) is 0 Å². The normalized spacial score (nSPS) is 11.2.